The maximum absolute atomic E-state index is 12.6. The minimum atomic E-state index is -3.38. The van der Waals surface area contributed by atoms with Crippen LogP contribution in [0, 0.1) is 12.8 Å². The SMILES string of the molecule is CCS(=O)(=O)c1ccc(Oc2ccc(C)cc2)c(C2=CN(C)C(=O)C3NCCC23)c1. The second-order valence-electron chi connectivity index (χ2n) is 7.84. The van der Waals surface area contributed by atoms with Gasteiger partial charge >= 0.3 is 0 Å². The summed E-state index contributed by atoms with van der Waals surface area (Å²) in [5.74, 6) is 1.28. The molecule has 30 heavy (non-hydrogen) atoms. The molecule has 1 saturated heterocycles. The number of sulfone groups is 1. The van der Waals surface area contributed by atoms with Gasteiger partial charge in [-0.1, -0.05) is 24.6 Å². The van der Waals surface area contributed by atoms with Crippen LogP contribution in [0.15, 0.2) is 53.6 Å². The van der Waals surface area contributed by atoms with Gasteiger partial charge in [-0.3, -0.25) is 4.79 Å². The van der Waals surface area contributed by atoms with E-state index in [4.69, 9.17) is 4.74 Å². The smallest absolute Gasteiger partial charge is 0.244 e. The predicted molar refractivity (Wildman–Crippen MR) is 116 cm³/mol. The molecule has 0 aromatic heterocycles. The molecule has 2 aromatic carbocycles. The van der Waals surface area contributed by atoms with Gasteiger partial charge in [0.2, 0.25) is 5.91 Å². The Balaban J connectivity index is 1.84. The van der Waals surface area contributed by atoms with E-state index in [1.807, 2.05) is 37.4 Å². The summed E-state index contributed by atoms with van der Waals surface area (Å²) < 4.78 is 31.3. The molecule has 1 fully saturated rings. The number of hydrogen-bond donors (Lipinski definition) is 1. The lowest BCUT2D eigenvalue weighted by molar-refractivity contribution is -0.130. The Kier molecular flexibility index (Phi) is 5.42. The van der Waals surface area contributed by atoms with E-state index in [1.165, 1.54) is 0 Å². The van der Waals surface area contributed by atoms with Crippen LogP contribution in [-0.4, -0.2) is 44.6 Å². The fraction of sp³-hybridized carbons (Fsp3) is 0.348. The Hall–Kier alpha value is -2.64. The first-order valence-electron chi connectivity index (χ1n) is 10.1. The maximum Gasteiger partial charge on any atom is 0.244 e. The zero-order valence-corrected chi connectivity index (χ0v) is 18.2. The third-order valence-corrected chi connectivity index (χ3v) is 7.55. The van der Waals surface area contributed by atoms with E-state index in [0.29, 0.717) is 17.1 Å². The van der Waals surface area contributed by atoms with Gasteiger partial charge < -0.3 is 15.0 Å². The molecular formula is C23H26N2O4S. The minimum absolute atomic E-state index is 0.0198. The zero-order chi connectivity index (χ0) is 21.5. The Morgan fingerprint density at radius 1 is 1.17 bits per heavy atom. The standard InChI is InChI=1S/C23H26N2O4S/c1-4-30(27,28)17-9-10-21(29-16-7-5-15(2)6-8-16)19(13-17)20-14-25(3)23(26)22-18(20)11-12-24-22/h5-10,13-14,18,22,24H,4,11-12H2,1-3H3. The predicted octanol–water partition coefficient (Wildman–Crippen LogP) is 3.37. The summed E-state index contributed by atoms with van der Waals surface area (Å²) >= 11 is 0. The number of nitrogens with zero attached hydrogens (tertiary/aromatic N) is 1. The van der Waals surface area contributed by atoms with Crippen LogP contribution in [0.25, 0.3) is 5.57 Å². The van der Waals surface area contributed by atoms with Crippen LogP contribution in [0.5, 0.6) is 11.5 Å². The molecule has 1 N–H and O–H groups in total. The largest absolute Gasteiger partial charge is 0.457 e. The molecule has 158 valence electrons. The molecule has 2 aliphatic heterocycles. The summed E-state index contributed by atoms with van der Waals surface area (Å²) in [6.07, 6.45) is 2.63. The Morgan fingerprint density at radius 3 is 2.60 bits per heavy atom. The summed E-state index contributed by atoms with van der Waals surface area (Å²) in [6, 6.07) is 12.4. The Bertz CT molecular complexity index is 1110. The number of fused-ring (bicyclic) bond motifs is 1. The van der Waals surface area contributed by atoms with Crippen molar-refractivity contribution in [1.82, 2.24) is 10.2 Å². The van der Waals surface area contributed by atoms with Gasteiger partial charge in [0, 0.05) is 24.7 Å². The highest BCUT2D eigenvalue weighted by Crippen LogP contribution is 2.41. The summed E-state index contributed by atoms with van der Waals surface area (Å²) in [5, 5.41) is 3.28. The molecule has 4 rings (SSSR count). The Morgan fingerprint density at radius 2 is 1.90 bits per heavy atom. The summed E-state index contributed by atoms with van der Waals surface area (Å²) in [4.78, 5) is 14.4. The molecule has 2 heterocycles. The lowest BCUT2D eigenvalue weighted by atomic mass is 9.84. The number of likely N-dealkylation sites (N-methyl/N-ethyl adjacent to an activating group) is 1. The Labute approximate surface area is 177 Å². The molecule has 0 spiro atoms. The topological polar surface area (TPSA) is 75.7 Å². The molecule has 2 aromatic rings. The molecule has 0 radical (unpaired) electrons. The molecule has 0 aliphatic carbocycles. The molecule has 2 atom stereocenters. The molecule has 1 amide bonds. The number of carbonyl (C=O) groups is 1. The van der Waals surface area contributed by atoms with Crippen molar-refractivity contribution in [2.45, 2.75) is 31.2 Å². The number of nitrogens with one attached hydrogen (secondary N) is 1. The van der Waals surface area contributed by atoms with Crippen LogP contribution in [0.1, 0.15) is 24.5 Å². The van der Waals surface area contributed by atoms with Gasteiger partial charge in [0.05, 0.1) is 16.7 Å². The number of hydrogen-bond acceptors (Lipinski definition) is 5. The quantitative estimate of drug-likeness (QED) is 0.793. The second-order valence-corrected chi connectivity index (χ2v) is 10.1. The van der Waals surface area contributed by atoms with Gasteiger partial charge in [0.15, 0.2) is 9.84 Å². The van der Waals surface area contributed by atoms with Gasteiger partial charge in [-0.2, -0.15) is 0 Å². The average Bonchev–Trinajstić information content (AvgIpc) is 3.23. The van der Waals surface area contributed by atoms with Crippen LogP contribution in [0.2, 0.25) is 0 Å². The molecule has 6 nitrogen and oxygen atoms in total. The van der Waals surface area contributed by atoms with E-state index in [9.17, 15) is 13.2 Å². The van der Waals surface area contributed by atoms with Gasteiger partial charge in [-0.25, -0.2) is 8.42 Å². The first-order valence-corrected chi connectivity index (χ1v) is 11.8. The van der Waals surface area contributed by atoms with Crippen molar-refractivity contribution in [2.24, 2.45) is 5.92 Å². The molecule has 2 unspecified atom stereocenters. The minimum Gasteiger partial charge on any atom is -0.457 e. The highest BCUT2D eigenvalue weighted by Gasteiger charge is 2.41. The van der Waals surface area contributed by atoms with Crippen LogP contribution < -0.4 is 10.1 Å². The first kappa shape index (κ1) is 20.6. The van der Waals surface area contributed by atoms with Crippen molar-refractivity contribution < 1.29 is 17.9 Å². The van der Waals surface area contributed by atoms with E-state index in [0.717, 1.165) is 24.1 Å². The van der Waals surface area contributed by atoms with E-state index >= 15 is 0 Å². The van der Waals surface area contributed by atoms with E-state index in [2.05, 4.69) is 5.32 Å². The molecule has 0 saturated carbocycles. The number of aryl methyl sites for hydroxylation is 1. The second kappa shape index (κ2) is 7.89. The molecule has 7 heteroatoms. The summed E-state index contributed by atoms with van der Waals surface area (Å²) in [7, 11) is -1.65. The third-order valence-electron chi connectivity index (χ3n) is 5.82. The summed E-state index contributed by atoms with van der Waals surface area (Å²) in [6.45, 7) is 4.38. The fourth-order valence-electron chi connectivity index (χ4n) is 4.07. The van der Waals surface area contributed by atoms with Gasteiger partial charge in [-0.05, 0) is 55.8 Å². The highest BCUT2D eigenvalue weighted by molar-refractivity contribution is 7.91. The number of ether oxygens (including phenoxy) is 1. The van der Waals surface area contributed by atoms with Crippen molar-refractivity contribution in [1.29, 1.82) is 0 Å². The van der Waals surface area contributed by atoms with Crippen molar-refractivity contribution in [2.75, 3.05) is 19.3 Å². The van der Waals surface area contributed by atoms with Crippen molar-refractivity contribution >= 4 is 21.3 Å². The maximum atomic E-state index is 12.6. The number of benzene rings is 2. The van der Waals surface area contributed by atoms with Gasteiger partial charge in [-0.15, -0.1) is 0 Å². The van der Waals surface area contributed by atoms with E-state index < -0.39 is 9.84 Å². The van der Waals surface area contributed by atoms with Gasteiger partial charge in [0.1, 0.15) is 11.5 Å². The van der Waals surface area contributed by atoms with E-state index in [1.54, 1.807) is 37.1 Å². The van der Waals surface area contributed by atoms with Crippen LogP contribution >= 0.6 is 0 Å². The first-order chi connectivity index (χ1) is 14.3. The normalized spacial score (nSPS) is 21.4. The highest BCUT2D eigenvalue weighted by atomic mass is 32.2. The molecule has 0 bridgehead atoms. The van der Waals surface area contributed by atoms with Crippen molar-refractivity contribution in [3.05, 3.63) is 59.8 Å². The van der Waals surface area contributed by atoms with Crippen LogP contribution in [0.4, 0.5) is 0 Å². The molecule has 2 aliphatic rings. The van der Waals surface area contributed by atoms with Crippen molar-refractivity contribution in [3.63, 3.8) is 0 Å². The average molecular weight is 427 g/mol. The monoisotopic (exact) mass is 426 g/mol. The third kappa shape index (κ3) is 3.75. The number of amides is 1. The lowest BCUT2D eigenvalue weighted by Gasteiger charge is -2.32. The van der Waals surface area contributed by atoms with Crippen LogP contribution in [-0.2, 0) is 14.6 Å². The fourth-order valence-corrected chi connectivity index (χ4v) is 4.98. The number of carbonyl (C=O) groups excluding carboxylic acids is 1. The van der Waals surface area contributed by atoms with Gasteiger partial charge in [0.25, 0.3) is 0 Å². The zero-order valence-electron chi connectivity index (χ0n) is 17.4. The summed E-state index contributed by atoms with van der Waals surface area (Å²) in [5.41, 5.74) is 2.76. The van der Waals surface area contributed by atoms with Crippen molar-refractivity contribution in [3.8, 4) is 11.5 Å². The lowest BCUT2D eigenvalue weighted by Crippen LogP contribution is -2.46. The number of rotatable bonds is 5. The van der Waals surface area contributed by atoms with E-state index in [-0.39, 0.29) is 28.5 Å². The van der Waals surface area contributed by atoms with Crippen LogP contribution in [0.3, 0.4) is 0 Å². The molecular weight excluding hydrogens is 400 g/mol.